The van der Waals surface area contributed by atoms with E-state index < -0.39 is 0 Å². The third-order valence-corrected chi connectivity index (χ3v) is 4.57. The van der Waals surface area contributed by atoms with Gasteiger partial charge in [-0.3, -0.25) is 4.79 Å². The number of aromatic amines is 1. The van der Waals surface area contributed by atoms with Crippen LogP contribution in [0.25, 0.3) is 10.9 Å². The number of hydrogen-bond donors (Lipinski definition) is 2. The van der Waals surface area contributed by atoms with E-state index in [-0.39, 0.29) is 18.1 Å². The normalized spacial score (nSPS) is 10.4. The van der Waals surface area contributed by atoms with Crippen LogP contribution < -0.4 is 5.32 Å². The van der Waals surface area contributed by atoms with Crippen molar-refractivity contribution in [2.75, 3.05) is 5.32 Å². The van der Waals surface area contributed by atoms with Gasteiger partial charge in [0.2, 0.25) is 5.91 Å². The van der Waals surface area contributed by atoms with E-state index in [1.165, 1.54) is 12.1 Å². The number of benzene rings is 2. The lowest BCUT2D eigenvalue weighted by Crippen LogP contribution is -2.14. The van der Waals surface area contributed by atoms with E-state index in [1.807, 2.05) is 49.4 Å². The predicted molar refractivity (Wildman–Crippen MR) is 112 cm³/mol. The lowest BCUT2D eigenvalue weighted by molar-refractivity contribution is -0.115. The zero-order valence-electron chi connectivity index (χ0n) is 15.8. The number of hydrogen-bond acceptors (Lipinski definition) is 2. The second-order valence-corrected chi connectivity index (χ2v) is 6.69. The fraction of sp³-hybridized carbons (Fsp3) is 0.0833. The third-order valence-electron chi connectivity index (χ3n) is 4.57. The molecule has 0 radical (unpaired) electrons. The van der Waals surface area contributed by atoms with Crippen LogP contribution in [0.15, 0.2) is 66.9 Å². The lowest BCUT2D eigenvalue weighted by atomic mass is 10.1. The van der Waals surface area contributed by atoms with Crippen molar-refractivity contribution in [3.05, 3.63) is 95.2 Å². The van der Waals surface area contributed by atoms with Crippen LogP contribution in [0.2, 0.25) is 0 Å². The number of rotatable bonds is 3. The summed E-state index contributed by atoms with van der Waals surface area (Å²) >= 11 is 0. The largest absolute Gasteiger partial charge is 0.358 e. The molecule has 29 heavy (non-hydrogen) atoms. The number of anilines is 1. The Morgan fingerprint density at radius 2 is 2.00 bits per heavy atom. The SMILES string of the molecule is Cc1[nH]c2ccc(F)cc2c1CC(=O)Nc1cccc(C#Cc2ccccn2)c1. The molecule has 2 aromatic heterocycles. The maximum absolute atomic E-state index is 13.6. The number of nitrogens with one attached hydrogen (secondary N) is 2. The summed E-state index contributed by atoms with van der Waals surface area (Å²) in [6.45, 7) is 1.88. The molecular formula is C24H18FN3O. The average molecular weight is 383 g/mol. The minimum atomic E-state index is -0.322. The first kappa shape index (κ1) is 18.5. The van der Waals surface area contributed by atoms with Crippen LogP contribution >= 0.6 is 0 Å². The smallest absolute Gasteiger partial charge is 0.228 e. The van der Waals surface area contributed by atoms with Gasteiger partial charge in [-0.15, -0.1) is 0 Å². The van der Waals surface area contributed by atoms with Crippen molar-refractivity contribution < 1.29 is 9.18 Å². The van der Waals surface area contributed by atoms with Crippen LogP contribution in [-0.4, -0.2) is 15.9 Å². The zero-order valence-corrected chi connectivity index (χ0v) is 15.8. The number of fused-ring (bicyclic) bond motifs is 1. The summed E-state index contributed by atoms with van der Waals surface area (Å²) in [7, 11) is 0. The molecule has 0 aliphatic heterocycles. The topological polar surface area (TPSA) is 57.8 Å². The van der Waals surface area contributed by atoms with Crippen molar-refractivity contribution in [1.29, 1.82) is 0 Å². The van der Waals surface area contributed by atoms with Crippen LogP contribution in [0.5, 0.6) is 0 Å². The molecule has 0 aliphatic carbocycles. The lowest BCUT2D eigenvalue weighted by Gasteiger charge is -2.06. The summed E-state index contributed by atoms with van der Waals surface area (Å²) in [4.78, 5) is 20.0. The molecule has 0 aliphatic rings. The molecule has 142 valence electrons. The van der Waals surface area contributed by atoms with E-state index in [0.29, 0.717) is 11.4 Å². The predicted octanol–water partition coefficient (Wildman–Crippen LogP) is 4.59. The highest BCUT2D eigenvalue weighted by atomic mass is 19.1. The Hall–Kier alpha value is -3.91. The number of H-pyrrole nitrogens is 1. The fourth-order valence-corrected chi connectivity index (χ4v) is 3.20. The van der Waals surface area contributed by atoms with Gasteiger partial charge in [-0.25, -0.2) is 9.37 Å². The van der Waals surface area contributed by atoms with Crippen molar-refractivity contribution in [1.82, 2.24) is 9.97 Å². The summed E-state index contributed by atoms with van der Waals surface area (Å²) < 4.78 is 13.6. The quantitative estimate of drug-likeness (QED) is 0.508. The molecule has 0 spiro atoms. The summed E-state index contributed by atoms with van der Waals surface area (Å²) in [5.41, 5.74) is 4.59. The highest BCUT2D eigenvalue weighted by Crippen LogP contribution is 2.24. The zero-order chi connectivity index (χ0) is 20.2. The first-order valence-electron chi connectivity index (χ1n) is 9.18. The van der Waals surface area contributed by atoms with Gasteiger partial charge in [0.15, 0.2) is 0 Å². The summed E-state index contributed by atoms with van der Waals surface area (Å²) in [5, 5.41) is 3.62. The van der Waals surface area contributed by atoms with Crippen LogP contribution in [0.4, 0.5) is 10.1 Å². The second kappa shape index (κ2) is 7.99. The van der Waals surface area contributed by atoms with Gasteiger partial charge in [0.25, 0.3) is 0 Å². The highest BCUT2D eigenvalue weighted by molar-refractivity contribution is 5.96. The van der Waals surface area contributed by atoms with Gasteiger partial charge in [0.05, 0.1) is 6.42 Å². The number of aryl methyl sites for hydroxylation is 1. The van der Waals surface area contributed by atoms with Crippen LogP contribution in [0.3, 0.4) is 0 Å². The van der Waals surface area contributed by atoms with Crippen LogP contribution in [-0.2, 0) is 11.2 Å². The monoisotopic (exact) mass is 383 g/mol. The van der Waals surface area contributed by atoms with Crippen molar-refractivity contribution in [2.24, 2.45) is 0 Å². The summed E-state index contributed by atoms with van der Waals surface area (Å²) in [6, 6.07) is 17.4. The van der Waals surface area contributed by atoms with E-state index in [0.717, 1.165) is 27.7 Å². The molecule has 0 atom stereocenters. The van der Waals surface area contributed by atoms with E-state index >= 15 is 0 Å². The maximum Gasteiger partial charge on any atom is 0.228 e. The van der Waals surface area contributed by atoms with E-state index in [1.54, 1.807) is 12.3 Å². The molecule has 0 saturated heterocycles. The number of carbonyl (C=O) groups excluding carboxylic acids is 1. The number of halogens is 1. The van der Waals surface area contributed by atoms with E-state index in [9.17, 15) is 9.18 Å². The molecule has 2 aromatic carbocycles. The number of carbonyl (C=O) groups is 1. The number of amides is 1. The van der Waals surface area contributed by atoms with Crippen molar-refractivity contribution >= 4 is 22.5 Å². The molecule has 2 heterocycles. The number of nitrogens with zero attached hydrogens (tertiary/aromatic N) is 1. The van der Waals surface area contributed by atoms with E-state index in [2.05, 4.69) is 27.1 Å². The molecule has 4 nitrogen and oxygen atoms in total. The Labute approximate surface area is 167 Å². The molecule has 4 aromatic rings. The van der Waals surface area contributed by atoms with Gasteiger partial charge >= 0.3 is 0 Å². The van der Waals surface area contributed by atoms with Gasteiger partial charge in [0.1, 0.15) is 11.5 Å². The first-order chi connectivity index (χ1) is 14.1. The maximum atomic E-state index is 13.6. The summed E-state index contributed by atoms with van der Waals surface area (Å²) in [6.07, 6.45) is 1.85. The second-order valence-electron chi connectivity index (χ2n) is 6.69. The number of aromatic nitrogens is 2. The Morgan fingerprint density at radius 3 is 2.83 bits per heavy atom. The Kier molecular flexibility index (Phi) is 5.08. The molecule has 0 bridgehead atoms. The van der Waals surface area contributed by atoms with Crippen molar-refractivity contribution in [3.63, 3.8) is 0 Å². The highest BCUT2D eigenvalue weighted by Gasteiger charge is 2.13. The minimum Gasteiger partial charge on any atom is -0.358 e. The molecule has 4 rings (SSSR count). The summed E-state index contributed by atoms with van der Waals surface area (Å²) in [5.74, 6) is 5.55. The Balaban J connectivity index is 1.50. The average Bonchev–Trinajstić information content (AvgIpc) is 3.02. The third kappa shape index (κ3) is 4.33. The first-order valence-corrected chi connectivity index (χ1v) is 9.18. The van der Waals surface area contributed by atoms with Crippen LogP contribution in [0.1, 0.15) is 22.5 Å². The molecule has 0 saturated carbocycles. The fourth-order valence-electron chi connectivity index (χ4n) is 3.20. The molecule has 2 N–H and O–H groups in total. The molecule has 0 unspecified atom stereocenters. The molecule has 5 heteroatoms. The van der Waals surface area contributed by atoms with Gasteiger partial charge in [-0.2, -0.15) is 0 Å². The molecule has 1 amide bonds. The Morgan fingerprint density at radius 1 is 1.10 bits per heavy atom. The van der Waals surface area contributed by atoms with Gasteiger partial charge in [0, 0.05) is 34.0 Å². The minimum absolute atomic E-state index is 0.152. The van der Waals surface area contributed by atoms with Gasteiger partial charge in [-0.1, -0.05) is 18.1 Å². The van der Waals surface area contributed by atoms with Gasteiger partial charge in [-0.05, 0) is 66.9 Å². The van der Waals surface area contributed by atoms with Gasteiger partial charge < -0.3 is 10.3 Å². The van der Waals surface area contributed by atoms with Crippen LogP contribution in [0, 0.1) is 24.6 Å². The molecular weight excluding hydrogens is 365 g/mol. The van der Waals surface area contributed by atoms with Crippen molar-refractivity contribution in [2.45, 2.75) is 13.3 Å². The Bertz CT molecular complexity index is 1250. The number of pyridine rings is 1. The van der Waals surface area contributed by atoms with Crippen molar-refractivity contribution in [3.8, 4) is 11.8 Å². The standard InChI is InChI=1S/C24H18FN3O/c1-16-21(22-14-18(25)9-11-23(22)27-16)15-24(29)28-20-7-4-5-17(13-20)8-10-19-6-2-3-12-26-19/h2-7,9,11-14,27H,15H2,1H3,(H,28,29). The van der Waals surface area contributed by atoms with E-state index in [4.69, 9.17) is 0 Å². The molecule has 0 fully saturated rings.